The van der Waals surface area contributed by atoms with Crippen LogP contribution in [0.4, 0.5) is 0 Å². The molecule has 6 nitrogen and oxygen atoms in total. The lowest BCUT2D eigenvalue weighted by Gasteiger charge is -2.33. The summed E-state index contributed by atoms with van der Waals surface area (Å²) in [6.07, 6.45) is 1.69. The summed E-state index contributed by atoms with van der Waals surface area (Å²) in [5, 5.41) is 8.63. The molecule has 0 aromatic carbocycles. The smallest absolute Gasteiger partial charge is 0.253 e. The number of rotatable bonds is 3. The lowest BCUT2D eigenvalue weighted by atomic mass is 10.1. The van der Waals surface area contributed by atoms with Crippen molar-refractivity contribution in [3.05, 3.63) is 35.0 Å². The van der Waals surface area contributed by atoms with Gasteiger partial charge in [-0.3, -0.25) is 5.10 Å². The third kappa shape index (κ3) is 2.28. The van der Waals surface area contributed by atoms with Crippen molar-refractivity contribution in [1.82, 2.24) is 14.5 Å². The van der Waals surface area contributed by atoms with E-state index in [9.17, 15) is 8.42 Å². The van der Waals surface area contributed by atoms with Crippen molar-refractivity contribution in [2.24, 2.45) is 0 Å². The molecular weight excluding hydrogens is 298 g/mol. The monoisotopic (exact) mass is 313 g/mol. The third-order valence-corrected chi connectivity index (χ3v) is 6.62. The van der Waals surface area contributed by atoms with Crippen molar-refractivity contribution in [1.29, 1.82) is 0 Å². The topological polar surface area (TPSA) is 75.3 Å². The van der Waals surface area contributed by atoms with Crippen LogP contribution in [0.15, 0.2) is 27.9 Å². The first-order chi connectivity index (χ1) is 9.60. The number of H-pyrrole nitrogens is 1. The van der Waals surface area contributed by atoms with Gasteiger partial charge in [0.05, 0.1) is 31.1 Å². The fourth-order valence-corrected chi connectivity index (χ4v) is 5.01. The summed E-state index contributed by atoms with van der Waals surface area (Å²) in [5.41, 5.74) is 1.73. The van der Waals surface area contributed by atoms with E-state index in [0.717, 1.165) is 11.3 Å². The van der Waals surface area contributed by atoms with Crippen molar-refractivity contribution < 1.29 is 13.2 Å². The number of aromatic nitrogens is 2. The maximum absolute atomic E-state index is 12.7. The van der Waals surface area contributed by atoms with Gasteiger partial charge >= 0.3 is 0 Å². The van der Waals surface area contributed by atoms with Gasteiger partial charge in [0.2, 0.25) is 0 Å². The maximum atomic E-state index is 12.7. The van der Waals surface area contributed by atoms with Gasteiger partial charge in [0.25, 0.3) is 10.0 Å². The van der Waals surface area contributed by atoms with Gasteiger partial charge in [-0.2, -0.15) is 9.40 Å². The van der Waals surface area contributed by atoms with Crippen molar-refractivity contribution in [2.75, 3.05) is 19.8 Å². The Labute approximate surface area is 121 Å². The molecule has 1 aliphatic rings. The highest BCUT2D eigenvalue weighted by Gasteiger charge is 2.36. The van der Waals surface area contributed by atoms with E-state index < -0.39 is 10.0 Å². The first-order valence-corrected chi connectivity index (χ1v) is 8.55. The molecule has 1 saturated heterocycles. The summed E-state index contributed by atoms with van der Waals surface area (Å²) in [6.45, 7) is 3.01. The predicted molar refractivity (Wildman–Crippen MR) is 75.1 cm³/mol. The van der Waals surface area contributed by atoms with Gasteiger partial charge in [-0.25, -0.2) is 8.42 Å². The average Bonchev–Trinajstić information content (AvgIpc) is 3.10. The number of nitrogens with one attached hydrogen (secondary N) is 1. The first-order valence-electron chi connectivity index (χ1n) is 6.23. The number of thiophene rings is 1. The molecule has 0 saturated carbocycles. The van der Waals surface area contributed by atoms with Gasteiger partial charge in [0.15, 0.2) is 0 Å². The van der Waals surface area contributed by atoms with E-state index in [2.05, 4.69) is 10.2 Å². The van der Waals surface area contributed by atoms with Crippen LogP contribution in [0.5, 0.6) is 0 Å². The van der Waals surface area contributed by atoms with Gasteiger partial charge in [0.1, 0.15) is 4.21 Å². The third-order valence-electron chi connectivity index (χ3n) is 3.34. The molecule has 3 rings (SSSR count). The number of hydrogen-bond donors (Lipinski definition) is 1. The molecule has 0 bridgehead atoms. The molecule has 20 heavy (non-hydrogen) atoms. The lowest BCUT2D eigenvalue weighted by molar-refractivity contribution is 0.0304. The van der Waals surface area contributed by atoms with Gasteiger partial charge in [-0.1, -0.05) is 6.07 Å². The molecule has 0 spiro atoms. The van der Waals surface area contributed by atoms with E-state index in [1.54, 1.807) is 23.7 Å². The highest BCUT2D eigenvalue weighted by molar-refractivity contribution is 7.91. The van der Waals surface area contributed by atoms with E-state index in [1.165, 1.54) is 15.6 Å². The summed E-state index contributed by atoms with van der Waals surface area (Å²) < 4.78 is 32.7. The fraction of sp³-hybridized carbons (Fsp3) is 0.417. The molecule has 3 heterocycles. The Morgan fingerprint density at radius 1 is 1.55 bits per heavy atom. The number of aromatic amines is 1. The summed E-state index contributed by atoms with van der Waals surface area (Å²) in [7, 11) is -3.49. The molecule has 2 aromatic heterocycles. The van der Waals surface area contributed by atoms with Crippen LogP contribution in [0, 0.1) is 6.92 Å². The van der Waals surface area contributed by atoms with Crippen LogP contribution in [-0.4, -0.2) is 42.7 Å². The van der Waals surface area contributed by atoms with E-state index in [0.29, 0.717) is 24.0 Å². The molecule has 1 N–H and O–H groups in total. The Morgan fingerprint density at radius 3 is 3.05 bits per heavy atom. The average molecular weight is 313 g/mol. The van der Waals surface area contributed by atoms with Crippen LogP contribution < -0.4 is 0 Å². The number of morpholine rings is 1. The zero-order chi connectivity index (χ0) is 14.2. The standard InChI is InChI=1S/C12H15N3O3S2/c1-9-7-13-14-12(9)10-8-18-5-4-15(10)20(16,17)11-3-2-6-19-11/h2-3,6-7,10H,4-5,8H2,1H3,(H,13,14)/t10-/m1/s1. The maximum Gasteiger partial charge on any atom is 0.253 e. The molecule has 0 amide bonds. The Morgan fingerprint density at radius 2 is 2.40 bits per heavy atom. The largest absolute Gasteiger partial charge is 0.378 e. The van der Waals surface area contributed by atoms with E-state index in [1.807, 2.05) is 6.92 Å². The van der Waals surface area contributed by atoms with Crippen LogP contribution in [0.25, 0.3) is 0 Å². The number of hydrogen-bond acceptors (Lipinski definition) is 5. The van der Waals surface area contributed by atoms with Crippen LogP contribution in [-0.2, 0) is 14.8 Å². The fourth-order valence-electron chi connectivity index (χ4n) is 2.32. The Balaban J connectivity index is 2.00. The second kappa shape index (κ2) is 5.28. The van der Waals surface area contributed by atoms with Crippen molar-refractivity contribution >= 4 is 21.4 Å². The van der Waals surface area contributed by atoms with Crippen molar-refractivity contribution in [3.8, 4) is 0 Å². The highest BCUT2D eigenvalue weighted by atomic mass is 32.2. The minimum absolute atomic E-state index is 0.341. The van der Waals surface area contributed by atoms with Crippen LogP contribution in [0.1, 0.15) is 17.3 Å². The summed E-state index contributed by atoms with van der Waals surface area (Å²) in [4.78, 5) is 0. The number of ether oxygens (including phenoxy) is 1. The van der Waals surface area contributed by atoms with Gasteiger partial charge in [0, 0.05) is 6.54 Å². The van der Waals surface area contributed by atoms with E-state index in [-0.39, 0.29) is 6.04 Å². The van der Waals surface area contributed by atoms with E-state index in [4.69, 9.17) is 4.74 Å². The quantitative estimate of drug-likeness (QED) is 0.932. The molecule has 0 radical (unpaired) electrons. The lowest BCUT2D eigenvalue weighted by Crippen LogP contribution is -2.43. The summed E-state index contributed by atoms with van der Waals surface area (Å²) >= 11 is 1.23. The first kappa shape index (κ1) is 13.7. The van der Waals surface area contributed by atoms with Gasteiger partial charge in [-0.05, 0) is 23.9 Å². The van der Waals surface area contributed by atoms with Gasteiger partial charge in [-0.15, -0.1) is 11.3 Å². The normalized spacial score (nSPS) is 21.1. The van der Waals surface area contributed by atoms with Crippen LogP contribution >= 0.6 is 11.3 Å². The Hall–Kier alpha value is -1.22. The molecule has 8 heteroatoms. The van der Waals surface area contributed by atoms with Crippen LogP contribution in [0.2, 0.25) is 0 Å². The number of sulfonamides is 1. The summed E-state index contributed by atoms with van der Waals surface area (Å²) in [6, 6.07) is 3.03. The number of aryl methyl sites for hydroxylation is 1. The Kier molecular flexibility index (Phi) is 3.63. The molecule has 0 aliphatic carbocycles. The molecule has 108 valence electrons. The second-order valence-corrected chi connectivity index (χ2v) is 7.67. The predicted octanol–water partition coefficient (Wildman–Crippen LogP) is 1.54. The van der Waals surface area contributed by atoms with Crippen LogP contribution in [0.3, 0.4) is 0 Å². The molecule has 2 aromatic rings. The molecule has 1 fully saturated rings. The minimum atomic E-state index is -3.49. The zero-order valence-corrected chi connectivity index (χ0v) is 12.6. The Bertz CT molecular complexity index is 679. The van der Waals surface area contributed by atoms with Crippen molar-refractivity contribution in [2.45, 2.75) is 17.2 Å². The molecule has 1 atom stereocenters. The molecule has 0 unspecified atom stereocenters. The highest BCUT2D eigenvalue weighted by Crippen LogP contribution is 2.32. The second-order valence-electron chi connectivity index (χ2n) is 4.61. The molecule has 1 aliphatic heterocycles. The SMILES string of the molecule is Cc1cn[nH]c1[C@H]1COCCN1S(=O)(=O)c1cccs1. The summed E-state index contributed by atoms with van der Waals surface area (Å²) in [5.74, 6) is 0. The zero-order valence-electron chi connectivity index (χ0n) is 10.9. The van der Waals surface area contributed by atoms with E-state index >= 15 is 0 Å². The number of nitrogens with zero attached hydrogens (tertiary/aromatic N) is 2. The van der Waals surface area contributed by atoms with Gasteiger partial charge < -0.3 is 4.74 Å². The van der Waals surface area contributed by atoms with Crippen molar-refractivity contribution in [3.63, 3.8) is 0 Å². The molecular formula is C12H15N3O3S2. The minimum Gasteiger partial charge on any atom is -0.378 e.